The molecule has 0 radical (unpaired) electrons. The molecule has 0 heterocycles. The Morgan fingerprint density at radius 2 is 2.06 bits per heavy atom. The predicted molar refractivity (Wildman–Crippen MR) is 69.9 cm³/mol. The van der Waals surface area contributed by atoms with Crippen molar-refractivity contribution in [1.29, 1.82) is 0 Å². The number of rotatable bonds is 7. The fourth-order valence-corrected chi connectivity index (χ4v) is 1.30. The van der Waals surface area contributed by atoms with Gasteiger partial charge in [-0.05, 0) is 30.7 Å². The van der Waals surface area contributed by atoms with Gasteiger partial charge in [-0.15, -0.1) is 11.6 Å². The molecule has 0 aromatic heterocycles. The van der Waals surface area contributed by atoms with Gasteiger partial charge in [0.25, 0.3) is 5.91 Å². The summed E-state index contributed by atoms with van der Waals surface area (Å²) in [5, 5.41) is 2.36. The zero-order valence-corrected chi connectivity index (χ0v) is 10.6. The summed E-state index contributed by atoms with van der Waals surface area (Å²) in [4.78, 5) is 21.9. The van der Waals surface area contributed by atoms with E-state index in [1.807, 2.05) is 0 Å². The molecule has 0 aliphatic heterocycles. The van der Waals surface area contributed by atoms with E-state index in [-0.39, 0.29) is 11.6 Å². The molecular formula is C13H14ClNO3. The molecule has 0 bridgehead atoms. The van der Waals surface area contributed by atoms with Crippen LogP contribution >= 0.6 is 11.6 Å². The lowest BCUT2D eigenvalue weighted by Gasteiger charge is -2.06. The molecule has 0 aliphatic rings. The average Bonchev–Trinajstić information content (AvgIpc) is 2.39. The summed E-state index contributed by atoms with van der Waals surface area (Å²) < 4.78 is 5.39. The van der Waals surface area contributed by atoms with Crippen molar-refractivity contribution in [3.63, 3.8) is 0 Å². The summed E-state index contributed by atoms with van der Waals surface area (Å²) in [5.41, 5.74) is 0.463. The third kappa shape index (κ3) is 4.59. The lowest BCUT2D eigenvalue weighted by molar-refractivity contribution is -0.105. The third-order valence-electron chi connectivity index (χ3n) is 2.08. The van der Waals surface area contributed by atoms with Gasteiger partial charge in [0.15, 0.2) is 6.29 Å². The number of allylic oxidation sites excluding steroid dienone is 1. The van der Waals surface area contributed by atoms with Crippen molar-refractivity contribution in [3.8, 4) is 5.75 Å². The van der Waals surface area contributed by atoms with Crippen LogP contribution in [-0.4, -0.2) is 24.7 Å². The minimum atomic E-state index is -0.376. The van der Waals surface area contributed by atoms with Crippen molar-refractivity contribution in [2.45, 2.75) is 6.42 Å². The summed E-state index contributed by atoms with van der Waals surface area (Å²) in [7, 11) is 0. The highest BCUT2D eigenvalue weighted by Gasteiger charge is 2.06. The second-order valence-corrected chi connectivity index (χ2v) is 3.89. The van der Waals surface area contributed by atoms with Crippen molar-refractivity contribution in [2.75, 3.05) is 12.5 Å². The Morgan fingerprint density at radius 3 is 2.61 bits per heavy atom. The van der Waals surface area contributed by atoms with Crippen molar-refractivity contribution in [3.05, 3.63) is 42.1 Å². The van der Waals surface area contributed by atoms with E-state index in [4.69, 9.17) is 16.3 Å². The molecule has 0 saturated carbocycles. The molecule has 0 atom stereocenters. The van der Waals surface area contributed by atoms with E-state index in [0.717, 1.165) is 6.42 Å². The van der Waals surface area contributed by atoms with E-state index < -0.39 is 0 Å². The number of aldehydes is 1. The van der Waals surface area contributed by atoms with Crippen LogP contribution in [0.5, 0.6) is 5.75 Å². The zero-order chi connectivity index (χ0) is 13.4. The first-order valence-electron chi connectivity index (χ1n) is 5.41. The first-order valence-corrected chi connectivity index (χ1v) is 5.95. The molecule has 4 nitrogen and oxygen atoms in total. The molecule has 1 amide bonds. The number of nitrogens with one attached hydrogen (secondary N) is 1. The number of carbonyl (C=O) groups excluding carboxylic acids is 2. The average molecular weight is 268 g/mol. The molecule has 0 saturated heterocycles. The van der Waals surface area contributed by atoms with Gasteiger partial charge in [-0.2, -0.15) is 0 Å². The standard InChI is InChI=1S/C13H14ClNO3/c1-10(9-16)15-13(17)11-3-5-12(6-4-11)18-8-2-7-14/h3-6,9H,1-2,7-8H2,(H,15,17). The molecule has 0 fully saturated rings. The van der Waals surface area contributed by atoms with Crippen LogP contribution in [0.3, 0.4) is 0 Å². The molecule has 5 heteroatoms. The maximum absolute atomic E-state index is 11.6. The van der Waals surface area contributed by atoms with Gasteiger partial charge in [0, 0.05) is 11.4 Å². The van der Waals surface area contributed by atoms with E-state index in [1.54, 1.807) is 24.3 Å². The number of carbonyl (C=O) groups is 2. The molecule has 0 unspecified atom stereocenters. The molecule has 1 rings (SSSR count). The molecule has 18 heavy (non-hydrogen) atoms. The smallest absolute Gasteiger partial charge is 0.255 e. The van der Waals surface area contributed by atoms with Gasteiger partial charge in [-0.25, -0.2) is 0 Å². The number of hydrogen-bond acceptors (Lipinski definition) is 3. The SMILES string of the molecule is C=C(C=O)NC(=O)c1ccc(OCCCCl)cc1. The minimum Gasteiger partial charge on any atom is -0.494 e. The fourth-order valence-electron chi connectivity index (χ4n) is 1.19. The first kappa shape index (κ1) is 14.3. The van der Waals surface area contributed by atoms with Crippen molar-refractivity contribution in [2.24, 2.45) is 0 Å². The Hall–Kier alpha value is -1.81. The van der Waals surface area contributed by atoms with E-state index >= 15 is 0 Å². The number of ether oxygens (including phenoxy) is 1. The van der Waals surface area contributed by atoms with E-state index in [2.05, 4.69) is 11.9 Å². The number of hydrogen-bond donors (Lipinski definition) is 1. The quantitative estimate of drug-likeness (QED) is 0.356. The third-order valence-corrected chi connectivity index (χ3v) is 2.35. The largest absolute Gasteiger partial charge is 0.494 e. The highest BCUT2D eigenvalue weighted by molar-refractivity contribution is 6.17. The molecule has 96 valence electrons. The van der Waals surface area contributed by atoms with Gasteiger partial charge in [0.05, 0.1) is 12.3 Å². The van der Waals surface area contributed by atoms with Gasteiger partial charge in [-0.1, -0.05) is 6.58 Å². The van der Waals surface area contributed by atoms with Crippen LogP contribution in [0.15, 0.2) is 36.5 Å². The lowest BCUT2D eigenvalue weighted by Crippen LogP contribution is -2.22. The Morgan fingerprint density at radius 1 is 1.39 bits per heavy atom. The maximum atomic E-state index is 11.6. The molecular weight excluding hydrogens is 254 g/mol. The summed E-state index contributed by atoms with van der Waals surface area (Å²) in [6.07, 6.45) is 1.25. The van der Waals surface area contributed by atoms with E-state index in [9.17, 15) is 9.59 Å². The van der Waals surface area contributed by atoms with Gasteiger partial charge in [0.1, 0.15) is 5.75 Å². The predicted octanol–water partition coefficient (Wildman–Crippen LogP) is 2.14. The summed E-state index contributed by atoms with van der Waals surface area (Å²) in [6, 6.07) is 6.60. The van der Waals surface area contributed by atoms with Gasteiger partial charge in [0.2, 0.25) is 0 Å². The van der Waals surface area contributed by atoms with Crippen molar-refractivity contribution < 1.29 is 14.3 Å². The van der Waals surface area contributed by atoms with Crippen LogP contribution in [-0.2, 0) is 4.79 Å². The van der Waals surface area contributed by atoms with Gasteiger partial charge in [-0.3, -0.25) is 9.59 Å². The Kier molecular flexibility index (Phi) is 5.94. The Labute approximate surface area is 111 Å². The fraction of sp³-hybridized carbons (Fsp3) is 0.231. The zero-order valence-electron chi connectivity index (χ0n) is 9.82. The monoisotopic (exact) mass is 267 g/mol. The van der Waals surface area contributed by atoms with Gasteiger partial charge < -0.3 is 10.1 Å². The van der Waals surface area contributed by atoms with E-state index in [1.165, 1.54) is 0 Å². The number of amides is 1. The van der Waals surface area contributed by atoms with Crippen LogP contribution in [0.1, 0.15) is 16.8 Å². The van der Waals surface area contributed by atoms with Gasteiger partial charge >= 0.3 is 0 Å². The molecule has 1 aromatic rings. The van der Waals surface area contributed by atoms with Crippen LogP contribution < -0.4 is 10.1 Å². The second kappa shape index (κ2) is 7.50. The summed E-state index contributed by atoms with van der Waals surface area (Å²) >= 11 is 5.53. The highest BCUT2D eigenvalue weighted by Crippen LogP contribution is 2.12. The second-order valence-electron chi connectivity index (χ2n) is 3.51. The van der Waals surface area contributed by atoms with Crippen molar-refractivity contribution in [1.82, 2.24) is 5.32 Å². The van der Waals surface area contributed by atoms with Crippen LogP contribution in [0.4, 0.5) is 0 Å². The normalized spacial score (nSPS) is 9.61. The van der Waals surface area contributed by atoms with Crippen LogP contribution in [0.25, 0.3) is 0 Å². The van der Waals surface area contributed by atoms with E-state index in [0.29, 0.717) is 30.1 Å². The Bertz CT molecular complexity index is 428. The molecule has 1 aromatic carbocycles. The maximum Gasteiger partial charge on any atom is 0.255 e. The minimum absolute atomic E-state index is 0.0300. The summed E-state index contributed by atoms with van der Waals surface area (Å²) in [5.74, 6) is 0.846. The molecule has 0 aliphatic carbocycles. The molecule has 1 N–H and O–H groups in total. The Balaban J connectivity index is 2.56. The number of alkyl halides is 1. The lowest BCUT2D eigenvalue weighted by atomic mass is 10.2. The molecule has 0 spiro atoms. The van der Waals surface area contributed by atoms with Crippen molar-refractivity contribution >= 4 is 23.8 Å². The highest BCUT2D eigenvalue weighted by atomic mass is 35.5. The summed E-state index contributed by atoms with van der Waals surface area (Å²) in [6.45, 7) is 3.91. The van der Waals surface area contributed by atoms with Crippen LogP contribution in [0, 0.1) is 0 Å². The number of halogens is 1. The topological polar surface area (TPSA) is 55.4 Å². The number of benzene rings is 1. The first-order chi connectivity index (χ1) is 8.67. The van der Waals surface area contributed by atoms with Crippen LogP contribution in [0.2, 0.25) is 0 Å².